The van der Waals surface area contributed by atoms with E-state index < -0.39 is 5.60 Å². The van der Waals surface area contributed by atoms with Gasteiger partial charge in [0.25, 0.3) is 0 Å². The van der Waals surface area contributed by atoms with E-state index in [2.05, 4.69) is 18.0 Å². The lowest BCUT2D eigenvalue weighted by atomic mass is 9.80. The fraction of sp³-hybridized carbons (Fsp3) is 0.562. The molecule has 3 rings (SSSR count). The molecule has 100 valence electrons. The third-order valence-electron chi connectivity index (χ3n) is 5.02. The van der Waals surface area contributed by atoms with Crippen molar-refractivity contribution >= 4 is 0 Å². The van der Waals surface area contributed by atoms with E-state index in [4.69, 9.17) is 5.26 Å². The van der Waals surface area contributed by atoms with Crippen LogP contribution in [-0.4, -0.2) is 29.1 Å². The molecular formula is C16H20N2O. The lowest BCUT2D eigenvalue weighted by molar-refractivity contribution is -0.0493. The smallest absolute Gasteiger partial charge is 0.0994 e. The van der Waals surface area contributed by atoms with Crippen LogP contribution in [-0.2, 0) is 5.60 Å². The summed E-state index contributed by atoms with van der Waals surface area (Å²) < 4.78 is 0. The van der Waals surface area contributed by atoms with Crippen molar-refractivity contribution in [2.24, 2.45) is 0 Å². The molecule has 2 fully saturated rings. The van der Waals surface area contributed by atoms with E-state index in [0.717, 1.165) is 24.0 Å². The second-order valence-electron chi connectivity index (χ2n) is 6.13. The average Bonchev–Trinajstić information content (AvgIpc) is 2.63. The van der Waals surface area contributed by atoms with Crippen LogP contribution < -0.4 is 0 Å². The Morgan fingerprint density at radius 3 is 2.47 bits per heavy atom. The highest BCUT2D eigenvalue weighted by molar-refractivity contribution is 5.41. The van der Waals surface area contributed by atoms with Gasteiger partial charge >= 0.3 is 0 Å². The van der Waals surface area contributed by atoms with Gasteiger partial charge in [0.2, 0.25) is 0 Å². The average molecular weight is 256 g/mol. The standard InChI is InChI=1S/C16H20N2O/c1-11-7-13(4-3-12(11)10-17)16(19)8-14-5-6-15(9-16)18(14)2/h3-4,7,14-15,19H,5-6,8-9H2,1-2H3. The molecule has 3 heteroatoms. The van der Waals surface area contributed by atoms with Crippen molar-refractivity contribution in [2.75, 3.05) is 7.05 Å². The molecule has 2 atom stereocenters. The summed E-state index contributed by atoms with van der Waals surface area (Å²) in [6.45, 7) is 1.94. The van der Waals surface area contributed by atoms with Crippen molar-refractivity contribution in [3.05, 3.63) is 34.9 Å². The molecule has 0 amide bonds. The Morgan fingerprint density at radius 2 is 1.95 bits per heavy atom. The minimum Gasteiger partial charge on any atom is -0.385 e. The zero-order valence-electron chi connectivity index (χ0n) is 11.6. The Bertz CT molecular complexity index is 532. The van der Waals surface area contributed by atoms with Gasteiger partial charge in [0.15, 0.2) is 0 Å². The van der Waals surface area contributed by atoms with Crippen LogP contribution in [0, 0.1) is 18.3 Å². The zero-order valence-corrected chi connectivity index (χ0v) is 11.6. The molecule has 2 aliphatic heterocycles. The molecule has 3 nitrogen and oxygen atoms in total. The van der Waals surface area contributed by atoms with Gasteiger partial charge in [-0.25, -0.2) is 0 Å². The Morgan fingerprint density at radius 1 is 1.32 bits per heavy atom. The summed E-state index contributed by atoms with van der Waals surface area (Å²) >= 11 is 0. The van der Waals surface area contributed by atoms with Crippen LogP contribution in [0.15, 0.2) is 18.2 Å². The molecule has 19 heavy (non-hydrogen) atoms. The van der Waals surface area contributed by atoms with E-state index >= 15 is 0 Å². The molecule has 1 N–H and O–H groups in total. The molecule has 2 saturated heterocycles. The number of aliphatic hydroxyl groups is 1. The fourth-order valence-electron chi connectivity index (χ4n) is 3.76. The molecule has 2 bridgehead atoms. The second kappa shape index (κ2) is 4.33. The van der Waals surface area contributed by atoms with Gasteiger partial charge in [0.1, 0.15) is 0 Å². The minimum absolute atomic E-state index is 0.500. The quantitative estimate of drug-likeness (QED) is 0.838. The highest BCUT2D eigenvalue weighted by Gasteiger charge is 2.46. The SMILES string of the molecule is Cc1cc(C2(O)CC3CCC(C2)N3C)ccc1C#N. The molecule has 1 aromatic carbocycles. The van der Waals surface area contributed by atoms with Crippen LogP contribution in [0.2, 0.25) is 0 Å². The van der Waals surface area contributed by atoms with E-state index in [-0.39, 0.29) is 0 Å². The van der Waals surface area contributed by atoms with Crippen molar-refractivity contribution in [3.63, 3.8) is 0 Å². The molecule has 0 spiro atoms. The first-order valence-electron chi connectivity index (χ1n) is 6.99. The van der Waals surface area contributed by atoms with E-state index in [0.29, 0.717) is 17.6 Å². The van der Waals surface area contributed by atoms with Crippen molar-refractivity contribution in [1.82, 2.24) is 4.90 Å². The number of nitrogens with zero attached hydrogens (tertiary/aromatic N) is 2. The topological polar surface area (TPSA) is 47.3 Å². The number of piperidine rings is 1. The first-order chi connectivity index (χ1) is 9.03. The van der Waals surface area contributed by atoms with E-state index in [1.807, 2.05) is 25.1 Å². The minimum atomic E-state index is -0.711. The third-order valence-corrected chi connectivity index (χ3v) is 5.02. The molecule has 0 aliphatic carbocycles. The molecule has 1 aromatic rings. The predicted octanol–water partition coefficient (Wildman–Crippen LogP) is 2.31. The predicted molar refractivity (Wildman–Crippen MR) is 73.6 cm³/mol. The van der Waals surface area contributed by atoms with Crippen LogP contribution >= 0.6 is 0 Å². The summed E-state index contributed by atoms with van der Waals surface area (Å²) in [5, 5.41) is 20.0. The summed E-state index contributed by atoms with van der Waals surface area (Å²) in [7, 11) is 2.17. The van der Waals surface area contributed by atoms with Gasteiger partial charge in [-0.2, -0.15) is 5.26 Å². The lowest BCUT2D eigenvalue weighted by Crippen LogP contribution is -2.47. The Labute approximate surface area is 114 Å². The van der Waals surface area contributed by atoms with Crippen molar-refractivity contribution in [2.45, 2.75) is 50.3 Å². The summed E-state index contributed by atoms with van der Waals surface area (Å²) in [6, 6.07) is 8.94. The molecule has 0 aromatic heterocycles. The molecule has 0 saturated carbocycles. The van der Waals surface area contributed by atoms with Crippen molar-refractivity contribution in [3.8, 4) is 6.07 Å². The number of hydrogen-bond donors (Lipinski definition) is 1. The Kier molecular flexibility index (Phi) is 2.88. The Balaban J connectivity index is 1.94. The first kappa shape index (κ1) is 12.7. The Hall–Kier alpha value is -1.37. The lowest BCUT2D eigenvalue weighted by Gasteiger charge is -2.42. The van der Waals surface area contributed by atoms with Crippen LogP contribution in [0.1, 0.15) is 42.4 Å². The number of nitriles is 1. The fourth-order valence-corrected chi connectivity index (χ4v) is 3.76. The third kappa shape index (κ3) is 1.96. The van der Waals surface area contributed by atoms with E-state index in [9.17, 15) is 5.11 Å². The summed E-state index contributed by atoms with van der Waals surface area (Å²) in [4.78, 5) is 2.42. The van der Waals surface area contributed by atoms with Gasteiger partial charge in [-0.1, -0.05) is 12.1 Å². The van der Waals surface area contributed by atoms with Gasteiger partial charge in [-0.05, 0) is 56.8 Å². The molecule has 2 aliphatic rings. The molecular weight excluding hydrogens is 236 g/mol. The molecule has 2 unspecified atom stereocenters. The number of rotatable bonds is 1. The number of benzene rings is 1. The molecule has 2 heterocycles. The second-order valence-corrected chi connectivity index (χ2v) is 6.13. The summed E-state index contributed by atoms with van der Waals surface area (Å²) in [5.74, 6) is 0. The molecule has 0 radical (unpaired) electrons. The van der Waals surface area contributed by atoms with Gasteiger partial charge in [0, 0.05) is 12.1 Å². The largest absolute Gasteiger partial charge is 0.385 e. The maximum absolute atomic E-state index is 11.0. The van der Waals surface area contributed by atoms with Gasteiger partial charge < -0.3 is 10.0 Å². The first-order valence-corrected chi connectivity index (χ1v) is 6.99. The number of fused-ring (bicyclic) bond motifs is 2. The van der Waals surface area contributed by atoms with Gasteiger partial charge in [-0.15, -0.1) is 0 Å². The van der Waals surface area contributed by atoms with E-state index in [1.54, 1.807) is 0 Å². The summed E-state index contributed by atoms with van der Waals surface area (Å²) in [6.07, 6.45) is 4.01. The zero-order chi connectivity index (χ0) is 13.6. The highest BCUT2D eigenvalue weighted by Crippen LogP contribution is 2.45. The van der Waals surface area contributed by atoms with Crippen molar-refractivity contribution in [1.29, 1.82) is 5.26 Å². The van der Waals surface area contributed by atoms with Crippen LogP contribution in [0.4, 0.5) is 0 Å². The van der Waals surface area contributed by atoms with Crippen LogP contribution in [0.3, 0.4) is 0 Å². The maximum atomic E-state index is 11.0. The summed E-state index contributed by atoms with van der Waals surface area (Å²) in [5.41, 5.74) is 1.92. The van der Waals surface area contributed by atoms with Crippen molar-refractivity contribution < 1.29 is 5.11 Å². The van der Waals surface area contributed by atoms with Crippen LogP contribution in [0.5, 0.6) is 0 Å². The van der Waals surface area contributed by atoms with Crippen LogP contribution in [0.25, 0.3) is 0 Å². The maximum Gasteiger partial charge on any atom is 0.0994 e. The van der Waals surface area contributed by atoms with Gasteiger partial charge in [-0.3, -0.25) is 0 Å². The normalized spacial score (nSPS) is 34.2. The highest BCUT2D eigenvalue weighted by atomic mass is 16.3. The van der Waals surface area contributed by atoms with E-state index in [1.165, 1.54) is 12.8 Å². The monoisotopic (exact) mass is 256 g/mol. The van der Waals surface area contributed by atoms with Gasteiger partial charge in [0.05, 0.1) is 17.2 Å². The number of hydrogen-bond acceptors (Lipinski definition) is 3. The number of aryl methyl sites for hydroxylation is 1.